The van der Waals surface area contributed by atoms with Gasteiger partial charge in [-0.05, 0) is 19.8 Å². The first kappa shape index (κ1) is 13.0. The zero-order valence-corrected chi connectivity index (χ0v) is 10.8. The van der Waals surface area contributed by atoms with E-state index in [-0.39, 0.29) is 6.10 Å². The lowest BCUT2D eigenvalue weighted by molar-refractivity contribution is 0.0231. The molecule has 1 aromatic rings. The molecule has 0 radical (unpaired) electrons. The summed E-state index contributed by atoms with van der Waals surface area (Å²) in [4.78, 5) is 8.48. The molecule has 2 atom stereocenters. The first-order valence-electron chi connectivity index (χ1n) is 6.18. The summed E-state index contributed by atoms with van der Waals surface area (Å²) in [6.45, 7) is 3.23. The number of methoxy groups -OCH3 is 1. The van der Waals surface area contributed by atoms with E-state index in [1.165, 1.54) is 0 Å². The fourth-order valence-electron chi connectivity index (χ4n) is 2.12. The van der Waals surface area contributed by atoms with E-state index < -0.39 is 0 Å². The normalized spacial score (nSPS) is 23.9. The monoisotopic (exact) mass is 252 g/mol. The standard InChI is InChI=1S/C12H20N4O2/c1-8-5-9(3-4-18-8)14-11-6-10(13)15-12(16-11)7-17-2/h6,8-9H,3-5,7H2,1-2H3,(H3,13,14,15,16). The minimum atomic E-state index is 0.286. The van der Waals surface area contributed by atoms with Crippen LogP contribution in [0.4, 0.5) is 11.6 Å². The molecule has 18 heavy (non-hydrogen) atoms. The van der Waals surface area contributed by atoms with E-state index in [2.05, 4.69) is 22.2 Å². The van der Waals surface area contributed by atoms with Crippen molar-refractivity contribution in [3.05, 3.63) is 11.9 Å². The third-order valence-electron chi connectivity index (χ3n) is 2.90. The fraction of sp³-hybridized carbons (Fsp3) is 0.667. The van der Waals surface area contributed by atoms with Crippen LogP contribution in [0.15, 0.2) is 6.07 Å². The van der Waals surface area contributed by atoms with E-state index in [1.807, 2.05) is 0 Å². The molecule has 1 saturated heterocycles. The summed E-state index contributed by atoms with van der Waals surface area (Å²) in [5, 5.41) is 3.38. The molecule has 2 heterocycles. The van der Waals surface area contributed by atoms with Gasteiger partial charge in [0.25, 0.3) is 0 Å². The summed E-state index contributed by atoms with van der Waals surface area (Å²) >= 11 is 0. The van der Waals surface area contributed by atoms with Crippen LogP contribution in [0.5, 0.6) is 0 Å². The van der Waals surface area contributed by atoms with Gasteiger partial charge in [0.1, 0.15) is 18.2 Å². The molecule has 1 fully saturated rings. The maximum atomic E-state index is 5.75. The van der Waals surface area contributed by atoms with E-state index in [9.17, 15) is 0 Å². The average molecular weight is 252 g/mol. The number of hydrogen-bond acceptors (Lipinski definition) is 6. The SMILES string of the molecule is COCc1nc(N)cc(NC2CCOC(C)C2)n1. The smallest absolute Gasteiger partial charge is 0.158 e. The predicted octanol–water partition coefficient (Wildman–Crippen LogP) is 1.18. The van der Waals surface area contributed by atoms with Crippen molar-refractivity contribution >= 4 is 11.6 Å². The van der Waals surface area contributed by atoms with Crippen molar-refractivity contribution in [1.82, 2.24) is 9.97 Å². The molecule has 6 nitrogen and oxygen atoms in total. The quantitative estimate of drug-likeness (QED) is 0.837. The van der Waals surface area contributed by atoms with Crippen molar-refractivity contribution in [2.75, 3.05) is 24.8 Å². The van der Waals surface area contributed by atoms with Crippen molar-refractivity contribution in [2.24, 2.45) is 0 Å². The van der Waals surface area contributed by atoms with Gasteiger partial charge in [-0.15, -0.1) is 0 Å². The van der Waals surface area contributed by atoms with Crippen molar-refractivity contribution in [2.45, 2.75) is 38.5 Å². The lowest BCUT2D eigenvalue weighted by atomic mass is 10.0. The lowest BCUT2D eigenvalue weighted by Crippen LogP contribution is -2.32. The van der Waals surface area contributed by atoms with Crippen LogP contribution in [-0.4, -0.2) is 35.8 Å². The first-order valence-corrected chi connectivity index (χ1v) is 6.18. The van der Waals surface area contributed by atoms with Gasteiger partial charge in [-0.2, -0.15) is 0 Å². The second kappa shape index (κ2) is 5.97. The highest BCUT2D eigenvalue weighted by molar-refractivity contribution is 5.45. The molecule has 100 valence electrons. The number of nitrogens with one attached hydrogen (secondary N) is 1. The second-order valence-electron chi connectivity index (χ2n) is 4.57. The molecule has 1 aromatic heterocycles. The van der Waals surface area contributed by atoms with Crippen LogP contribution in [0.3, 0.4) is 0 Å². The molecule has 0 amide bonds. The maximum Gasteiger partial charge on any atom is 0.158 e. The highest BCUT2D eigenvalue weighted by Crippen LogP contribution is 2.18. The van der Waals surface area contributed by atoms with Crippen LogP contribution >= 0.6 is 0 Å². The van der Waals surface area contributed by atoms with Gasteiger partial charge in [0, 0.05) is 25.8 Å². The number of aromatic nitrogens is 2. The molecule has 1 aliphatic heterocycles. The lowest BCUT2D eigenvalue weighted by Gasteiger charge is -2.28. The molecule has 6 heteroatoms. The van der Waals surface area contributed by atoms with Gasteiger partial charge in [0.15, 0.2) is 5.82 Å². The molecule has 0 aromatic carbocycles. The Balaban J connectivity index is 2.03. The molecule has 3 N–H and O–H groups in total. The summed E-state index contributed by atoms with van der Waals surface area (Å²) in [5.74, 6) is 1.81. The van der Waals surface area contributed by atoms with E-state index >= 15 is 0 Å². The van der Waals surface area contributed by atoms with Crippen molar-refractivity contribution in [3.63, 3.8) is 0 Å². The van der Waals surface area contributed by atoms with Crippen LogP contribution in [0.1, 0.15) is 25.6 Å². The Morgan fingerprint density at radius 3 is 3.11 bits per heavy atom. The topological polar surface area (TPSA) is 82.3 Å². The number of nitrogens with two attached hydrogens (primary N) is 1. The molecule has 0 saturated carbocycles. The average Bonchev–Trinajstić information content (AvgIpc) is 2.28. The van der Waals surface area contributed by atoms with Gasteiger partial charge in [-0.1, -0.05) is 0 Å². The van der Waals surface area contributed by atoms with Crippen molar-refractivity contribution in [3.8, 4) is 0 Å². The van der Waals surface area contributed by atoms with Gasteiger partial charge in [-0.25, -0.2) is 9.97 Å². The Hall–Kier alpha value is -1.40. The summed E-state index contributed by atoms with van der Waals surface area (Å²) in [6.07, 6.45) is 2.24. The molecule has 1 aliphatic rings. The van der Waals surface area contributed by atoms with Gasteiger partial charge in [0.2, 0.25) is 0 Å². The maximum absolute atomic E-state index is 5.75. The van der Waals surface area contributed by atoms with E-state index in [0.29, 0.717) is 24.3 Å². The fourth-order valence-corrected chi connectivity index (χ4v) is 2.12. The Bertz CT molecular complexity index is 400. The van der Waals surface area contributed by atoms with E-state index in [1.54, 1.807) is 13.2 Å². The zero-order chi connectivity index (χ0) is 13.0. The summed E-state index contributed by atoms with van der Waals surface area (Å²) in [5.41, 5.74) is 5.75. The second-order valence-corrected chi connectivity index (χ2v) is 4.57. The number of nitrogen functional groups attached to an aromatic ring is 1. The molecule has 2 rings (SSSR count). The van der Waals surface area contributed by atoms with Crippen LogP contribution in [-0.2, 0) is 16.1 Å². The molecular formula is C12H20N4O2. The molecule has 0 bridgehead atoms. The Morgan fingerprint density at radius 2 is 2.39 bits per heavy atom. The Kier molecular flexibility index (Phi) is 4.33. The Labute approximate surface area is 107 Å². The highest BCUT2D eigenvalue weighted by Gasteiger charge is 2.19. The van der Waals surface area contributed by atoms with Crippen LogP contribution < -0.4 is 11.1 Å². The van der Waals surface area contributed by atoms with Crippen LogP contribution in [0.25, 0.3) is 0 Å². The predicted molar refractivity (Wildman–Crippen MR) is 69.2 cm³/mol. The number of hydrogen-bond donors (Lipinski definition) is 2. The first-order chi connectivity index (χ1) is 8.67. The zero-order valence-electron chi connectivity index (χ0n) is 10.8. The van der Waals surface area contributed by atoms with Gasteiger partial charge < -0.3 is 20.5 Å². The third kappa shape index (κ3) is 3.54. The van der Waals surface area contributed by atoms with Gasteiger partial charge in [0.05, 0.1) is 6.10 Å². The van der Waals surface area contributed by atoms with Crippen molar-refractivity contribution in [1.29, 1.82) is 0 Å². The number of nitrogens with zero attached hydrogens (tertiary/aromatic N) is 2. The third-order valence-corrected chi connectivity index (χ3v) is 2.90. The Morgan fingerprint density at radius 1 is 1.56 bits per heavy atom. The largest absolute Gasteiger partial charge is 0.384 e. The molecule has 0 aliphatic carbocycles. The van der Waals surface area contributed by atoms with E-state index in [0.717, 1.165) is 25.3 Å². The van der Waals surface area contributed by atoms with Gasteiger partial charge in [-0.3, -0.25) is 0 Å². The summed E-state index contributed by atoms with van der Waals surface area (Å²) < 4.78 is 10.5. The minimum Gasteiger partial charge on any atom is -0.384 e. The minimum absolute atomic E-state index is 0.286. The molecular weight excluding hydrogens is 232 g/mol. The number of anilines is 2. The summed E-state index contributed by atoms with van der Waals surface area (Å²) in [6, 6.07) is 2.12. The number of rotatable bonds is 4. The molecule has 2 unspecified atom stereocenters. The van der Waals surface area contributed by atoms with Crippen molar-refractivity contribution < 1.29 is 9.47 Å². The highest BCUT2D eigenvalue weighted by atomic mass is 16.5. The molecule has 0 spiro atoms. The van der Waals surface area contributed by atoms with Gasteiger partial charge >= 0.3 is 0 Å². The van der Waals surface area contributed by atoms with Crippen LogP contribution in [0, 0.1) is 0 Å². The van der Waals surface area contributed by atoms with Crippen LogP contribution in [0.2, 0.25) is 0 Å². The number of ether oxygens (including phenoxy) is 2. The summed E-state index contributed by atoms with van der Waals surface area (Å²) in [7, 11) is 1.61. The van der Waals surface area contributed by atoms with E-state index in [4.69, 9.17) is 15.2 Å².